The standard InChI is InChI=1S/C17H15N3O2/c1-22-17-10-15(18-11-19-17)20-16(21)9-13-7-4-6-12-5-2-3-8-14(12)13/h2-8,10-11H,9H2,1H3,(H,18,19,20,21). The number of aromatic nitrogens is 2. The van der Waals surface area contributed by atoms with Crippen molar-refractivity contribution in [3.05, 3.63) is 60.4 Å². The number of hydrogen-bond acceptors (Lipinski definition) is 4. The molecule has 1 heterocycles. The Hall–Kier alpha value is -2.95. The van der Waals surface area contributed by atoms with E-state index in [1.54, 1.807) is 6.07 Å². The van der Waals surface area contributed by atoms with Gasteiger partial charge in [-0.25, -0.2) is 9.97 Å². The highest BCUT2D eigenvalue weighted by atomic mass is 16.5. The molecule has 0 aliphatic carbocycles. The van der Waals surface area contributed by atoms with Crippen LogP contribution in [0.25, 0.3) is 10.8 Å². The van der Waals surface area contributed by atoms with Crippen LogP contribution in [-0.2, 0) is 11.2 Å². The zero-order valence-corrected chi connectivity index (χ0v) is 12.1. The number of carbonyl (C=O) groups excluding carboxylic acids is 1. The van der Waals surface area contributed by atoms with Crippen molar-refractivity contribution >= 4 is 22.5 Å². The minimum absolute atomic E-state index is 0.128. The lowest BCUT2D eigenvalue weighted by molar-refractivity contribution is -0.115. The largest absolute Gasteiger partial charge is 0.481 e. The summed E-state index contributed by atoms with van der Waals surface area (Å²) in [6.45, 7) is 0. The van der Waals surface area contributed by atoms with Gasteiger partial charge in [-0.15, -0.1) is 0 Å². The first-order chi connectivity index (χ1) is 10.8. The quantitative estimate of drug-likeness (QED) is 0.803. The molecule has 0 unspecified atom stereocenters. The van der Waals surface area contributed by atoms with E-state index in [1.807, 2.05) is 42.5 Å². The average Bonchev–Trinajstić information content (AvgIpc) is 2.55. The van der Waals surface area contributed by atoms with Crippen LogP contribution in [0.5, 0.6) is 5.88 Å². The van der Waals surface area contributed by atoms with Crippen LogP contribution in [0.2, 0.25) is 0 Å². The average molecular weight is 293 g/mol. The van der Waals surface area contributed by atoms with Crippen LogP contribution in [0.3, 0.4) is 0 Å². The summed E-state index contributed by atoms with van der Waals surface area (Å²) in [4.78, 5) is 20.1. The Morgan fingerprint density at radius 2 is 1.95 bits per heavy atom. The predicted molar refractivity (Wildman–Crippen MR) is 84.9 cm³/mol. The maximum Gasteiger partial charge on any atom is 0.229 e. The van der Waals surface area contributed by atoms with Crippen molar-refractivity contribution < 1.29 is 9.53 Å². The molecule has 3 rings (SSSR count). The fraction of sp³-hybridized carbons (Fsp3) is 0.118. The van der Waals surface area contributed by atoms with Gasteiger partial charge in [0.25, 0.3) is 0 Å². The van der Waals surface area contributed by atoms with Crippen LogP contribution in [0.1, 0.15) is 5.56 Å². The number of amides is 1. The van der Waals surface area contributed by atoms with Crippen LogP contribution < -0.4 is 10.1 Å². The van der Waals surface area contributed by atoms with Crippen LogP contribution in [0.4, 0.5) is 5.82 Å². The number of hydrogen-bond donors (Lipinski definition) is 1. The van der Waals surface area contributed by atoms with E-state index in [0.717, 1.165) is 16.3 Å². The fourth-order valence-corrected chi connectivity index (χ4v) is 2.33. The van der Waals surface area contributed by atoms with E-state index in [1.165, 1.54) is 13.4 Å². The molecule has 1 N–H and O–H groups in total. The van der Waals surface area contributed by atoms with Crippen molar-refractivity contribution in [3.8, 4) is 5.88 Å². The summed E-state index contributed by atoms with van der Waals surface area (Å²) < 4.78 is 5.01. The van der Waals surface area contributed by atoms with Gasteiger partial charge >= 0.3 is 0 Å². The van der Waals surface area contributed by atoms with Crippen molar-refractivity contribution in [2.75, 3.05) is 12.4 Å². The molecule has 2 aromatic carbocycles. The maximum absolute atomic E-state index is 12.2. The lowest BCUT2D eigenvalue weighted by Crippen LogP contribution is -2.15. The topological polar surface area (TPSA) is 64.1 Å². The highest BCUT2D eigenvalue weighted by Crippen LogP contribution is 2.19. The zero-order valence-electron chi connectivity index (χ0n) is 12.1. The number of nitrogens with zero attached hydrogens (tertiary/aromatic N) is 2. The SMILES string of the molecule is COc1cc(NC(=O)Cc2cccc3ccccc23)ncn1. The first-order valence-corrected chi connectivity index (χ1v) is 6.89. The third kappa shape index (κ3) is 3.03. The first kappa shape index (κ1) is 14.0. The maximum atomic E-state index is 12.2. The minimum atomic E-state index is -0.128. The number of ether oxygens (including phenoxy) is 1. The van der Waals surface area contributed by atoms with E-state index in [-0.39, 0.29) is 12.3 Å². The van der Waals surface area contributed by atoms with Crippen molar-refractivity contribution in [3.63, 3.8) is 0 Å². The second-order valence-electron chi connectivity index (χ2n) is 4.81. The predicted octanol–water partition coefficient (Wildman–Crippen LogP) is 2.82. The van der Waals surface area contributed by atoms with Gasteiger partial charge in [-0.3, -0.25) is 4.79 Å². The molecule has 1 amide bonds. The summed E-state index contributed by atoms with van der Waals surface area (Å²) >= 11 is 0. The Kier molecular flexibility index (Phi) is 3.96. The molecule has 110 valence electrons. The number of anilines is 1. The smallest absolute Gasteiger partial charge is 0.229 e. The lowest BCUT2D eigenvalue weighted by atomic mass is 10.0. The summed E-state index contributed by atoms with van der Waals surface area (Å²) in [7, 11) is 1.52. The first-order valence-electron chi connectivity index (χ1n) is 6.89. The molecule has 0 spiro atoms. The number of benzene rings is 2. The molecule has 3 aromatic rings. The van der Waals surface area contributed by atoms with Crippen LogP contribution >= 0.6 is 0 Å². The number of methoxy groups -OCH3 is 1. The third-order valence-corrected chi connectivity index (χ3v) is 3.35. The van der Waals surface area contributed by atoms with E-state index in [4.69, 9.17) is 4.74 Å². The van der Waals surface area contributed by atoms with Crippen molar-refractivity contribution in [2.45, 2.75) is 6.42 Å². The number of carbonyl (C=O) groups is 1. The molecule has 5 nitrogen and oxygen atoms in total. The molecule has 0 aliphatic rings. The summed E-state index contributed by atoms with van der Waals surface area (Å²) in [5.41, 5.74) is 0.983. The van der Waals surface area contributed by atoms with Crippen molar-refractivity contribution in [1.82, 2.24) is 9.97 Å². The van der Waals surface area contributed by atoms with Gasteiger partial charge < -0.3 is 10.1 Å². The van der Waals surface area contributed by atoms with Gasteiger partial charge in [0.15, 0.2) is 0 Å². The van der Waals surface area contributed by atoms with Gasteiger partial charge in [0, 0.05) is 6.07 Å². The molecule has 5 heteroatoms. The molecule has 0 bridgehead atoms. The van der Waals surface area contributed by atoms with Gasteiger partial charge in [-0.05, 0) is 16.3 Å². The van der Waals surface area contributed by atoms with E-state index in [2.05, 4.69) is 15.3 Å². The molecule has 0 radical (unpaired) electrons. The second-order valence-corrected chi connectivity index (χ2v) is 4.81. The molecule has 0 fully saturated rings. The van der Waals surface area contributed by atoms with E-state index >= 15 is 0 Å². The number of fused-ring (bicyclic) bond motifs is 1. The van der Waals surface area contributed by atoms with Crippen LogP contribution in [0.15, 0.2) is 54.9 Å². The molecule has 22 heavy (non-hydrogen) atoms. The van der Waals surface area contributed by atoms with Gasteiger partial charge in [0.2, 0.25) is 11.8 Å². The Morgan fingerprint density at radius 1 is 1.14 bits per heavy atom. The van der Waals surface area contributed by atoms with Crippen LogP contribution in [0, 0.1) is 0 Å². The van der Waals surface area contributed by atoms with Gasteiger partial charge in [-0.2, -0.15) is 0 Å². The summed E-state index contributed by atoms with van der Waals surface area (Å²) in [6.07, 6.45) is 1.64. The Morgan fingerprint density at radius 3 is 2.82 bits per heavy atom. The molecule has 0 saturated carbocycles. The van der Waals surface area contributed by atoms with E-state index < -0.39 is 0 Å². The van der Waals surface area contributed by atoms with Gasteiger partial charge in [-0.1, -0.05) is 42.5 Å². The Bertz CT molecular complexity index is 812. The highest BCUT2D eigenvalue weighted by Gasteiger charge is 2.08. The molecule has 1 aromatic heterocycles. The van der Waals surface area contributed by atoms with Crippen molar-refractivity contribution in [2.24, 2.45) is 0 Å². The fourth-order valence-electron chi connectivity index (χ4n) is 2.33. The van der Waals surface area contributed by atoms with Crippen molar-refractivity contribution in [1.29, 1.82) is 0 Å². The molecular formula is C17H15N3O2. The van der Waals surface area contributed by atoms with E-state index in [0.29, 0.717) is 11.7 Å². The molecule has 0 atom stereocenters. The lowest BCUT2D eigenvalue weighted by Gasteiger charge is -2.08. The normalized spacial score (nSPS) is 10.4. The zero-order chi connectivity index (χ0) is 15.4. The summed E-state index contributed by atoms with van der Waals surface area (Å²) in [6, 6.07) is 15.5. The Labute approximate surface area is 128 Å². The van der Waals surface area contributed by atoms with Crippen LogP contribution in [-0.4, -0.2) is 23.0 Å². The minimum Gasteiger partial charge on any atom is -0.481 e. The van der Waals surface area contributed by atoms with E-state index in [9.17, 15) is 4.79 Å². The molecule has 0 aliphatic heterocycles. The second kappa shape index (κ2) is 6.22. The molecule has 0 saturated heterocycles. The third-order valence-electron chi connectivity index (χ3n) is 3.35. The monoisotopic (exact) mass is 293 g/mol. The molecular weight excluding hydrogens is 278 g/mol. The summed E-state index contributed by atoms with van der Waals surface area (Å²) in [5, 5.41) is 4.97. The van der Waals surface area contributed by atoms with Gasteiger partial charge in [0.1, 0.15) is 12.1 Å². The summed E-state index contributed by atoms with van der Waals surface area (Å²) in [5.74, 6) is 0.713. The Balaban J connectivity index is 1.78. The van der Waals surface area contributed by atoms with Gasteiger partial charge in [0.05, 0.1) is 13.5 Å². The number of rotatable bonds is 4. The highest BCUT2D eigenvalue weighted by molar-refractivity contribution is 5.95. The number of nitrogens with one attached hydrogen (secondary N) is 1.